The van der Waals surface area contributed by atoms with Gasteiger partial charge in [-0.2, -0.15) is 0 Å². The molecule has 0 aliphatic heterocycles. The maximum atomic E-state index is 11.7. The van der Waals surface area contributed by atoms with Crippen LogP contribution in [-0.2, 0) is 33.0 Å². The molecule has 8 rings (SSSR count). The van der Waals surface area contributed by atoms with Crippen LogP contribution in [0.1, 0.15) is 22.3 Å². The SMILES string of the molecule is [Ni+2].[Ni+2].[O-]c1ccc2ccccc2c1C=NCCO.[O-]c1ccc2ccccc2c1C=NCCO.[O-]c1ccc2ccccc2c1C=NCCO.[O-]c1ccc2ccccc2c1C=NCCO. The van der Waals surface area contributed by atoms with Gasteiger partial charge in [-0.25, -0.2) is 0 Å². The second-order valence-electron chi connectivity index (χ2n) is 13.8. The molecule has 0 saturated heterocycles. The van der Waals surface area contributed by atoms with E-state index >= 15 is 0 Å². The largest absolute Gasteiger partial charge is 2.00 e. The zero-order valence-corrected chi connectivity index (χ0v) is 37.6. The molecule has 8 aromatic carbocycles. The Morgan fingerprint density at radius 3 is 0.697 bits per heavy atom. The van der Waals surface area contributed by atoms with Crippen LogP contribution in [0.3, 0.4) is 0 Å². The van der Waals surface area contributed by atoms with Crippen LogP contribution >= 0.6 is 0 Å². The standard InChI is InChI=1S/4C13H13NO2.2Ni/c4*15-8-7-14-9-12-11-4-2-1-3-10(11)5-6-13(12)16;;/h4*1-6,9,15-16H,7-8H2;;/q;;;;2*+2/p-4. The number of aliphatic hydroxyl groups is 4. The van der Waals surface area contributed by atoms with E-state index in [1.54, 1.807) is 73.4 Å². The fourth-order valence-electron chi connectivity index (χ4n) is 6.49. The maximum Gasteiger partial charge on any atom is 2.00 e. The zero-order chi connectivity index (χ0) is 45.5. The Hall–Kier alpha value is -6.49. The Morgan fingerprint density at radius 1 is 0.303 bits per heavy atom. The Bertz CT molecular complexity index is 2480. The van der Waals surface area contributed by atoms with Crippen LogP contribution in [0.4, 0.5) is 0 Å². The van der Waals surface area contributed by atoms with Gasteiger partial charge in [-0.05, 0) is 65.3 Å². The summed E-state index contributed by atoms with van der Waals surface area (Å²) in [5, 5.41) is 88.9. The van der Waals surface area contributed by atoms with Crippen molar-refractivity contribution in [2.75, 3.05) is 52.6 Å². The molecule has 344 valence electrons. The summed E-state index contributed by atoms with van der Waals surface area (Å²) in [5.74, 6) is -0.165. The topological polar surface area (TPSA) is 223 Å². The van der Waals surface area contributed by atoms with E-state index < -0.39 is 0 Å². The van der Waals surface area contributed by atoms with Gasteiger partial charge in [0.15, 0.2) is 0 Å². The van der Waals surface area contributed by atoms with Crippen molar-refractivity contribution in [2.45, 2.75) is 0 Å². The molecule has 14 heteroatoms. The third kappa shape index (κ3) is 15.3. The predicted octanol–water partition coefficient (Wildman–Crippen LogP) is 5.29. The van der Waals surface area contributed by atoms with Crippen molar-refractivity contribution in [1.29, 1.82) is 0 Å². The predicted molar refractivity (Wildman–Crippen MR) is 252 cm³/mol. The zero-order valence-electron chi connectivity index (χ0n) is 35.7. The Morgan fingerprint density at radius 2 is 0.500 bits per heavy atom. The molecule has 0 radical (unpaired) electrons. The molecular weight excluding hydrogens is 926 g/mol. The number of aliphatic imine (C=N–C) groups is 4. The smallest absolute Gasteiger partial charge is 0.872 e. The first-order valence-corrected chi connectivity index (χ1v) is 20.5. The van der Waals surface area contributed by atoms with E-state index in [2.05, 4.69) is 20.0 Å². The first kappa shape index (κ1) is 53.8. The molecule has 0 saturated carbocycles. The number of fused-ring (bicyclic) bond motifs is 4. The van der Waals surface area contributed by atoms with Crippen LogP contribution in [0.15, 0.2) is 166 Å². The molecule has 0 heterocycles. The molecule has 12 nitrogen and oxygen atoms in total. The van der Waals surface area contributed by atoms with Crippen LogP contribution in [0.5, 0.6) is 23.0 Å². The summed E-state index contributed by atoms with van der Waals surface area (Å²) < 4.78 is 0. The number of benzene rings is 8. The molecular formula is C52H48N4Ni2O8. The fraction of sp³-hybridized carbons (Fsp3) is 0.154. The number of aliphatic hydroxyl groups excluding tert-OH is 4. The molecule has 8 aromatic rings. The Kier molecular flexibility index (Phi) is 23.8. The normalized spacial score (nSPS) is 11.0. The minimum absolute atomic E-state index is 0. The van der Waals surface area contributed by atoms with Crippen molar-refractivity contribution in [3.63, 3.8) is 0 Å². The van der Waals surface area contributed by atoms with Crippen molar-refractivity contribution in [2.24, 2.45) is 20.0 Å². The van der Waals surface area contributed by atoms with Gasteiger partial charge in [0.05, 0.1) is 52.6 Å². The van der Waals surface area contributed by atoms with Crippen molar-refractivity contribution < 1.29 is 73.8 Å². The van der Waals surface area contributed by atoms with Gasteiger partial charge in [0.2, 0.25) is 0 Å². The van der Waals surface area contributed by atoms with Crippen LogP contribution in [-0.4, -0.2) is 97.9 Å². The summed E-state index contributed by atoms with van der Waals surface area (Å²) in [6, 6.07) is 44.1. The van der Waals surface area contributed by atoms with Crippen LogP contribution in [0, 0.1) is 0 Å². The summed E-state index contributed by atoms with van der Waals surface area (Å²) in [4.78, 5) is 16.0. The van der Waals surface area contributed by atoms with Gasteiger partial charge >= 0.3 is 33.0 Å². The van der Waals surface area contributed by atoms with E-state index in [0.717, 1.165) is 43.1 Å². The summed E-state index contributed by atoms with van der Waals surface area (Å²) in [6.07, 6.45) is 6.17. The molecule has 0 amide bonds. The Labute approximate surface area is 403 Å². The van der Waals surface area contributed by atoms with Gasteiger partial charge in [-0.1, -0.05) is 169 Å². The summed E-state index contributed by atoms with van der Waals surface area (Å²) in [7, 11) is 0. The van der Waals surface area contributed by atoms with Gasteiger partial charge in [-0.15, -0.1) is 0 Å². The molecule has 0 spiro atoms. The van der Waals surface area contributed by atoms with E-state index in [9.17, 15) is 20.4 Å². The monoisotopic (exact) mass is 972 g/mol. The number of rotatable bonds is 12. The summed E-state index contributed by atoms with van der Waals surface area (Å²) in [5.41, 5.74) is 2.36. The number of hydrogen-bond acceptors (Lipinski definition) is 12. The quantitative estimate of drug-likeness (QED) is 0.0928. The molecule has 4 N–H and O–H groups in total. The first-order chi connectivity index (χ1) is 31.3. The van der Waals surface area contributed by atoms with Crippen molar-refractivity contribution in [1.82, 2.24) is 0 Å². The van der Waals surface area contributed by atoms with Gasteiger partial charge in [-0.3, -0.25) is 20.0 Å². The van der Waals surface area contributed by atoms with Crippen LogP contribution < -0.4 is 20.4 Å². The fourth-order valence-corrected chi connectivity index (χ4v) is 6.49. The first-order valence-electron chi connectivity index (χ1n) is 20.5. The molecule has 0 atom stereocenters. The van der Waals surface area contributed by atoms with E-state index in [1.165, 1.54) is 0 Å². The molecule has 0 aliphatic carbocycles. The van der Waals surface area contributed by atoms with Crippen molar-refractivity contribution in [3.05, 3.63) is 168 Å². The summed E-state index contributed by atoms with van der Waals surface area (Å²) >= 11 is 0. The van der Waals surface area contributed by atoms with Crippen molar-refractivity contribution >= 4 is 67.9 Å². The van der Waals surface area contributed by atoms with Crippen LogP contribution in [0.2, 0.25) is 0 Å². The third-order valence-electron chi connectivity index (χ3n) is 9.52. The van der Waals surface area contributed by atoms with Gasteiger partial charge in [0, 0.05) is 24.9 Å². The number of hydrogen-bond donors (Lipinski definition) is 4. The molecule has 0 unspecified atom stereocenters. The van der Waals surface area contributed by atoms with E-state index in [1.807, 2.05) is 97.1 Å². The van der Waals surface area contributed by atoms with Gasteiger partial charge < -0.3 is 40.9 Å². The molecule has 0 aliphatic rings. The van der Waals surface area contributed by atoms with Crippen molar-refractivity contribution in [3.8, 4) is 23.0 Å². The van der Waals surface area contributed by atoms with E-state index in [-0.39, 0.29) is 82.4 Å². The van der Waals surface area contributed by atoms with E-state index in [0.29, 0.717) is 48.4 Å². The second kappa shape index (κ2) is 29.1. The second-order valence-corrected chi connectivity index (χ2v) is 13.8. The molecule has 0 aromatic heterocycles. The van der Waals surface area contributed by atoms with Gasteiger partial charge in [0.25, 0.3) is 0 Å². The minimum atomic E-state index is -0.0413. The molecule has 0 bridgehead atoms. The summed E-state index contributed by atoms with van der Waals surface area (Å²) in [6.45, 7) is 1.27. The van der Waals surface area contributed by atoms with Crippen LogP contribution in [0.25, 0.3) is 43.1 Å². The number of nitrogens with zero attached hydrogens (tertiary/aromatic N) is 4. The molecule has 0 fully saturated rings. The average Bonchev–Trinajstić information content (AvgIpc) is 3.32. The minimum Gasteiger partial charge on any atom is -0.872 e. The van der Waals surface area contributed by atoms with E-state index in [4.69, 9.17) is 20.4 Å². The third-order valence-corrected chi connectivity index (χ3v) is 9.52. The van der Waals surface area contributed by atoms with Gasteiger partial charge in [0.1, 0.15) is 0 Å². The Balaban J connectivity index is 0.000000231. The average molecular weight is 974 g/mol. The molecule has 66 heavy (non-hydrogen) atoms. The maximum absolute atomic E-state index is 11.7.